The molecule has 1 aliphatic carbocycles. The van der Waals surface area contributed by atoms with Crippen LogP contribution in [0.25, 0.3) is 0 Å². The molecule has 2 aromatic carbocycles. The van der Waals surface area contributed by atoms with Crippen LogP contribution in [0.4, 0.5) is 5.69 Å². The van der Waals surface area contributed by atoms with Crippen LogP contribution < -0.4 is 24.7 Å². The molecule has 0 radical (unpaired) electrons. The fourth-order valence-electron chi connectivity index (χ4n) is 4.36. The summed E-state index contributed by atoms with van der Waals surface area (Å²) in [6, 6.07) is 8.90. The lowest BCUT2D eigenvalue weighted by Crippen LogP contribution is -2.29. The van der Waals surface area contributed by atoms with Gasteiger partial charge >= 0.3 is 0 Å². The van der Waals surface area contributed by atoms with E-state index in [1.807, 2.05) is 12.1 Å². The van der Waals surface area contributed by atoms with Gasteiger partial charge in [-0.3, -0.25) is 0 Å². The van der Waals surface area contributed by atoms with Crippen molar-refractivity contribution in [1.29, 1.82) is 0 Å². The van der Waals surface area contributed by atoms with E-state index in [9.17, 15) is 8.42 Å². The average molecular weight is 416 g/mol. The van der Waals surface area contributed by atoms with Crippen LogP contribution in [0.2, 0.25) is 0 Å². The van der Waals surface area contributed by atoms with Crippen molar-refractivity contribution in [3.05, 3.63) is 53.6 Å². The Labute approximate surface area is 170 Å². The number of benzene rings is 2. The molecule has 1 heterocycles. The first-order chi connectivity index (χ1) is 13.9. The molecular formula is C21H24N2O5S. The van der Waals surface area contributed by atoms with E-state index in [-0.39, 0.29) is 22.8 Å². The molecular weight excluding hydrogens is 392 g/mol. The van der Waals surface area contributed by atoms with Crippen LogP contribution in [0.3, 0.4) is 0 Å². The molecule has 0 fully saturated rings. The van der Waals surface area contributed by atoms with E-state index in [4.69, 9.17) is 19.3 Å². The predicted molar refractivity (Wildman–Crippen MR) is 110 cm³/mol. The molecule has 0 amide bonds. The van der Waals surface area contributed by atoms with Gasteiger partial charge in [-0.05, 0) is 53.8 Å². The van der Waals surface area contributed by atoms with E-state index in [0.717, 1.165) is 23.2 Å². The third-order valence-corrected chi connectivity index (χ3v) is 6.62. The minimum Gasteiger partial charge on any atom is -0.493 e. The Hall–Kier alpha value is -2.71. The monoisotopic (exact) mass is 416 g/mol. The lowest BCUT2D eigenvalue weighted by atomic mass is 9.77. The molecule has 0 spiro atoms. The van der Waals surface area contributed by atoms with Crippen LogP contribution in [0.15, 0.2) is 47.4 Å². The van der Waals surface area contributed by atoms with Crippen molar-refractivity contribution in [2.24, 2.45) is 11.1 Å². The van der Waals surface area contributed by atoms with Gasteiger partial charge in [0.15, 0.2) is 11.5 Å². The highest BCUT2D eigenvalue weighted by atomic mass is 32.2. The number of anilines is 1. The van der Waals surface area contributed by atoms with E-state index in [2.05, 4.69) is 17.5 Å². The number of hydrogen-bond donors (Lipinski definition) is 2. The Morgan fingerprint density at radius 1 is 1.03 bits per heavy atom. The zero-order chi connectivity index (χ0) is 20.8. The van der Waals surface area contributed by atoms with Crippen molar-refractivity contribution in [3.63, 3.8) is 0 Å². The maximum absolute atomic E-state index is 11.8. The van der Waals surface area contributed by atoms with Gasteiger partial charge in [-0.2, -0.15) is 0 Å². The minimum absolute atomic E-state index is 0.00320. The van der Waals surface area contributed by atoms with Crippen LogP contribution >= 0.6 is 0 Å². The zero-order valence-electron chi connectivity index (χ0n) is 16.5. The molecule has 154 valence electrons. The van der Waals surface area contributed by atoms with Crippen LogP contribution in [-0.2, 0) is 10.0 Å². The minimum atomic E-state index is -3.76. The molecule has 2 aliphatic rings. The second kappa shape index (κ2) is 7.27. The number of allylic oxidation sites excluding steroid dienone is 2. The second-order valence-electron chi connectivity index (χ2n) is 7.23. The molecule has 7 nitrogen and oxygen atoms in total. The highest BCUT2D eigenvalue weighted by Gasteiger charge is 2.39. The van der Waals surface area contributed by atoms with Crippen LogP contribution in [0.5, 0.6) is 17.2 Å². The van der Waals surface area contributed by atoms with E-state index >= 15 is 0 Å². The molecule has 2 aromatic rings. The molecule has 29 heavy (non-hydrogen) atoms. The number of nitrogens with one attached hydrogen (secondary N) is 1. The maximum Gasteiger partial charge on any atom is 0.238 e. The third kappa shape index (κ3) is 3.32. The molecule has 3 N–H and O–H groups in total. The Bertz CT molecular complexity index is 1060. The molecule has 8 heteroatoms. The number of rotatable bonds is 5. The van der Waals surface area contributed by atoms with Crippen LogP contribution in [0, 0.1) is 5.92 Å². The smallest absolute Gasteiger partial charge is 0.238 e. The molecule has 0 saturated carbocycles. The fourth-order valence-corrected chi connectivity index (χ4v) is 4.91. The van der Waals surface area contributed by atoms with E-state index < -0.39 is 10.0 Å². The summed E-state index contributed by atoms with van der Waals surface area (Å²) in [5.41, 5.74) is 2.85. The Balaban J connectivity index is 1.80. The number of ether oxygens (including phenoxy) is 3. The predicted octanol–water partition coefficient (Wildman–Crippen LogP) is 3.19. The number of hydrogen-bond acceptors (Lipinski definition) is 6. The van der Waals surface area contributed by atoms with Gasteiger partial charge in [0, 0.05) is 11.6 Å². The van der Waals surface area contributed by atoms with E-state index in [1.54, 1.807) is 33.5 Å². The molecule has 0 aromatic heterocycles. The van der Waals surface area contributed by atoms with Gasteiger partial charge in [0.2, 0.25) is 15.8 Å². The van der Waals surface area contributed by atoms with E-state index in [1.165, 1.54) is 6.07 Å². The lowest BCUT2D eigenvalue weighted by molar-refractivity contribution is 0.322. The summed E-state index contributed by atoms with van der Waals surface area (Å²) in [4.78, 5) is 0.128. The van der Waals surface area contributed by atoms with Crippen LogP contribution in [0.1, 0.15) is 29.5 Å². The van der Waals surface area contributed by atoms with Crippen molar-refractivity contribution in [3.8, 4) is 17.2 Å². The molecule has 3 unspecified atom stereocenters. The molecule has 3 atom stereocenters. The molecule has 0 bridgehead atoms. The van der Waals surface area contributed by atoms with Crippen molar-refractivity contribution < 1.29 is 22.6 Å². The SMILES string of the molecule is COc1cc(C2Nc3ccc(S(N)(=O)=O)cc3C3C=CCC32)cc(OC)c1OC. The number of fused-ring (bicyclic) bond motifs is 3. The van der Waals surface area contributed by atoms with Crippen LogP contribution in [-0.4, -0.2) is 29.7 Å². The largest absolute Gasteiger partial charge is 0.493 e. The van der Waals surface area contributed by atoms with Gasteiger partial charge in [0.05, 0.1) is 32.3 Å². The lowest BCUT2D eigenvalue weighted by Gasteiger charge is -2.38. The normalized spacial score (nSPS) is 22.4. The number of sulfonamides is 1. The first-order valence-electron chi connectivity index (χ1n) is 9.27. The summed E-state index contributed by atoms with van der Waals surface area (Å²) in [5.74, 6) is 2.06. The average Bonchev–Trinajstić information content (AvgIpc) is 3.21. The Kier molecular flexibility index (Phi) is 4.92. The van der Waals surface area contributed by atoms with Gasteiger partial charge in [-0.15, -0.1) is 0 Å². The van der Waals surface area contributed by atoms with Crippen molar-refractivity contribution in [2.45, 2.75) is 23.3 Å². The summed E-state index contributed by atoms with van der Waals surface area (Å²) in [7, 11) is 1.02. The highest BCUT2D eigenvalue weighted by Crippen LogP contribution is 2.52. The second-order valence-corrected chi connectivity index (χ2v) is 8.79. The molecule has 4 rings (SSSR count). The quantitative estimate of drug-likeness (QED) is 0.726. The summed E-state index contributed by atoms with van der Waals surface area (Å²) in [5, 5.41) is 8.91. The Morgan fingerprint density at radius 3 is 2.31 bits per heavy atom. The maximum atomic E-state index is 11.8. The van der Waals surface area contributed by atoms with Crippen molar-refractivity contribution >= 4 is 15.7 Å². The van der Waals surface area contributed by atoms with Gasteiger partial charge in [-0.1, -0.05) is 12.2 Å². The van der Waals surface area contributed by atoms with Gasteiger partial charge in [0.25, 0.3) is 0 Å². The summed E-state index contributed by atoms with van der Waals surface area (Å²) >= 11 is 0. The number of methoxy groups -OCH3 is 3. The van der Waals surface area contributed by atoms with E-state index in [0.29, 0.717) is 17.2 Å². The highest BCUT2D eigenvalue weighted by molar-refractivity contribution is 7.89. The topological polar surface area (TPSA) is 99.9 Å². The molecule has 0 saturated heterocycles. The summed E-state index contributed by atoms with van der Waals surface area (Å²) in [6.45, 7) is 0. The van der Waals surface area contributed by atoms with Gasteiger partial charge in [-0.25, -0.2) is 13.6 Å². The number of primary sulfonamides is 1. The van der Waals surface area contributed by atoms with Gasteiger partial charge < -0.3 is 19.5 Å². The zero-order valence-corrected chi connectivity index (χ0v) is 17.3. The standard InChI is InChI=1S/C21H24N2O5S/c1-26-18-9-12(10-19(27-2)21(18)28-3)20-15-6-4-5-14(15)16-11-13(29(22,24)25)7-8-17(16)23-20/h4-5,7-11,14-15,20,23H,6H2,1-3H3,(H2,22,24,25). The Morgan fingerprint density at radius 2 is 1.72 bits per heavy atom. The summed E-state index contributed by atoms with van der Waals surface area (Å²) in [6.07, 6.45) is 5.15. The number of nitrogens with two attached hydrogens (primary N) is 1. The fraction of sp³-hybridized carbons (Fsp3) is 0.333. The summed E-state index contributed by atoms with van der Waals surface area (Å²) < 4.78 is 40.1. The first kappa shape index (κ1) is 19.6. The van der Waals surface area contributed by atoms with Crippen molar-refractivity contribution in [2.75, 3.05) is 26.6 Å². The van der Waals surface area contributed by atoms with Crippen molar-refractivity contribution in [1.82, 2.24) is 0 Å². The first-order valence-corrected chi connectivity index (χ1v) is 10.8. The molecule has 1 aliphatic heterocycles. The third-order valence-electron chi connectivity index (χ3n) is 5.71. The van der Waals surface area contributed by atoms with Gasteiger partial charge in [0.1, 0.15) is 0 Å².